The van der Waals surface area contributed by atoms with E-state index in [1.165, 1.54) is 29.4 Å². The lowest BCUT2D eigenvalue weighted by molar-refractivity contribution is 0.417. The Morgan fingerprint density at radius 1 is 0.915 bits per heavy atom. The van der Waals surface area contributed by atoms with Crippen molar-refractivity contribution in [2.45, 2.75) is 36.5 Å². The van der Waals surface area contributed by atoms with E-state index in [2.05, 4.69) is 14.8 Å². The van der Waals surface area contributed by atoms with Gasteiger partial charge in [0.2, 0.25) is 10.0 Å². The van der Waals surface area contributed by atoms with Crippen LogP contribution in [0.5, 0.6) is 5.75 Å². The summed E-state index contributed by atoms with van der Waals surface area (Å²) in [4.78, 5) is 4.74. The fraction of sp³-hybridized carbons (Fsp3) is 0.176. The number of hydrogen-bond donors (Lipinski definition) is 1. The first-order chi connectivity index (χ1) is 22.5. The first-order valence-corrected chi connectivity index (χ1v) is 17.8. The van der Waals surface area contributed by atoms with Crippen LogP contribution in [0.25, 0.3) is 33.3 Å². The normalized spacial score (nSPS) is 13.6. The number of hydrogen-bond acceptors (Lipinski definition) is 7. The maximum absolute atomic E-state index is 13.9. The quantitative estimate of drug-likeness (QED) is 0.184. The molecule has 0 spiro atoms. The molecule has 0 atom stereocenters. The lowest BCUT2D eigenvalue weighted by Crippen LogP contribution is -2.17. The van der Waals surface area contributed by atoms with Crippen molar-refractivity contribution in [3.63, 3.8) is 0 Å². The Kier molecular flexibility index (Phi) is 7.60. The number of methoxy groups -OCH3 is 1. The topological polar surface area (TPSA) is 125 Å². The van der Waals surface area contributed by atoms with Crippen LogP contribution in [0.2, 0.25) is 0 Å². The molecule has 3 aromatic carbocycles. The highest BCUT2D eigenvalue weighted by molar-refractivity contribution is 7.93. The minimum atomic E-state index is -4.04. The summed E-state index contributed by atoms with van der Waals surface area (Å²) in [5, 5.41) is 4.58. The van der Waals surface area contributed by atoms with Gasteiger partial charge in [-0.15, -0.1) is 0 Å². The molecular formula is C34H30FN5O5S2. The molecule has 1 saturated carbocycles. The van der Waals surface area contributed by atoms with Crippen LogP contribution >= 0.6 is 0 Å². The minimum absolute atomic E-state index is 0.113. The van der Waals surface area contributed by atoms with Crippen molar-refractivity contribution in [1.29, 1.82) is 0 Å². The maximum atomic E-state index is 13.9. The van der Waals surface area contributed by atoms with Gasteiger partial charge in [0, 0.05) is 40.7 Å². The monoisotopic (exact) mass is 671 g/mol. The van der Waals surface area contributed by atoms with Crippen molar-refractivity contribution in [3.8, 4) is 28.0 Å². The Morgan fingerprint density at radius 2 is 1.70 bits per heavy atom. The smallest absolute Gasteiger partial charge is 0.269 e. The number of pyridine rings is 1. The van der Waals surface area contributed by atoms with E-state index in [1.807, 2.05) is 13.0 Å². The van der Waals surface area contributed by atoms with Crippen molar-refractivity contribution in [1.82, 2.24) is 18.7 Å². The van der Waals surface area contributed by atoms with E-state index in [-0.39, 0.29) is 16.4 Å². The standard InChI is InChI=1S/C34H30FN5O5S2/c1-22-6-9-29(10-7-22)47(43,44)40-21-31(26-18-37-39(20-26)19-23-4-3-5-27(35)14-23)30-15-25(17-36-34(30)40)24-8-13-33(45-2)32(16-24)38-46(41,42)28-11-12-28/h3-10,13-18,20-21,28,38H,11-12,19H2,1-2H3. The Balaban J connectivity index is 1.35. The molecule has 0 saturated heterocycles. The second-order valence-electron chi connectivity index (χ2n) is 11.6. The van der Waals surface area contributed by atoms with Crippen LogP contribution in [-0.2, 0) is 26.6 Å². The molecule has 0 amide bonds. The third-order valence-corrected chi connectivity index (χ3v) is 11.6. The fourth-order valence-electron chi connectivity index (χ4n) is 5.47. The predicted octanol–water partition coefficient (Wildman–Crippen LogP) is 6.21. The summed E-state index contributed by atoms with van der Waals surface area (Å²) in [6, 6.07) is 19.8. The summed E-state index contributed by atoms with van der Waals surface area (Å²) >= 11 is 0. The van der Waals surface area contributed by atoms with Crippen LogP contribution in [0.3, 0.4) is 0 Å². The van der Waals surface area contributed by atoms with Crippen molar-refractivity contribution >= 4 is 36.8 Å². The predicted molar refractivity (Wildman–Crippen MR) is 178 cm³/mol. The van der Waals surface area contributed by atoms with Crippen molar-refractivity contribution in [2.75, 3.05) is 11.8 Å². The SMILES string of the molecule is COc1ccc(-c2cnc3c(c2)c(-c2cnn(Cc4cccc(F)c4)c2)cn3S(=O)(=O)c2ccc(C)cc2)cc1NS(=O)(=O)C1CC1. The van der Waals surface area contributed by atoms with E-state index < -0.39 is 25.3 Å². The zero-order chi connectivity index (χ0) is 32.9. The summed E-state index contributed by atoms with van der Waals surface area (Å²) in [6.45, 7) is 2.19. The van der Waals surface area contributed by atoms with Gasteiger partial charge in [-0.25, -0.2) is 30.2 Å². The molecule has 0 aliphatic heterocycles. The van der Waals surface area contributed by atoms with Crippen LogP contribution in [0.1, 0.15) is 24.0 Å². The Morgan fingerprint density at radius 3 is 2.43 bits per heavy atom. The van der Waals surface area contributed by atoms with Crippen LogP contribution in [-0.4, -0.2) is 47.9 Å². The van der Waals surface area contributed by atoms with Gasteiger partial charge in [0.05, 0.1) is 35.7 Å². The van der Waals surface area contributed by atoms with Gasteiger partial charge in [-0.05, 0) is 73.4 Å². The first-order valence-electron chi connectivity index (χ1n) is 14.8. The molecule has 6 aromatic rings. The molecule has 47 heavy (non-hydrogen) atoms. The Bertz CT molecular complexity index is 2360. The summed E-state index contributed by atoms with van der Waals surface area (Å²) in [5.41, 5.74) is 4.64. The first kappa shape index (κ1) is 30.6. The van der Waals surface area contributed by atoms with E-state index in [9.17, 15) is 21.2 Å². The number of ether oxygens (including phenoxy) is 1. The average molecular weight is 672 g/mol. The number of benzene rings is 3. The summed E-state index contributed by atoms with van der Waals surface area (Å²) in [7, 11) is -6.13. The van der Waals surface area contributed by atoms with E-state index in [0.717, 1.165) is 11.1 Å². The number of anilines is 1. The second-order valence-corrected chi connectivity index (χ2v) is 15.3. The molecule has 10 nitrogen and oxygen atoms in total. The molecule has 7 rings (SSSR count). The number of aryl methyl sites for hydroxylation is 1. The maximum Gasteiger partial charge on any atom is 0.269 e. The number of aromatic nitrogens is 4. The van der Waals surface area contributed by atoms with E-state index in [0.29, 0.717) is 58.5 Å². The minimum Gasteiger partial charge on any atom is -0.495 e. The van der Waals surface area contributed by atoms with Gasteiger partial charge < -0.3 is 4.74 Å². The van der Waals surface area contributed by atoms with Gasteiger partial charge in [-0.1, -0.05) is 35.9 Å². The zero-order valence-corrected chi connectivity index (χ0v) is 27.1. The van der Waals surface area contributed by atoms with Gasteiger partial charge in [0.25, 0.3) is 10.0 Å². The van der Waals surface area contributed by atoms with E-state index >= 15 is 0 Å². The molecular weight excluding hydrogens is 642 g/mol. The number of fused-ring (bicyclic) bond motifs is 1. The van der Waals surface area contributed by atoms with Crippen LogP contribution < -0.4 is 9.46 Å². The summed E-state index contributed by atoms with van der Waals surface area (Å²) in [6.07, 6.45) is 7.71. The third kappa shape index (κ3) is 5.99. The summed E-state index contributed by atoms with van der Waals surface area (Å²) in [5.74, 6) is 0.0219. The molecule has 1 aliphatic rings. The fourth-order valence-corrected chi connectivity index (χ4v) is 8.18. The molecule has 1 N–H and O–H groups in total. The lowest BCUT2D eigenvalue weighted by atomic mass is 10.0. The molecule has 0 bridgehead atoms. The lowest BCUT2D eigenvalue weighted by Gasteiger charge is -2.13. The van der Waals surface area contributed by atoms with Gasteiger partial charge in [0.1, 0.15) is 11.6 Å². The number of nitrogens with zero attached hydrogens (tertiary/aromatic N) is 4. The number of nitrogens with one attached hydrogen (secondary N) is 1. The molecule has 1 aliphatic carbocycles. The van der Waals surface area contributed by atoms with Crippen molar-refractivity contribution in [2.24, 2.45) is 0 Å². The van der Waals surface area contributed by atoms with Gasteiger partial charge in [-0.2, -0.15) is 5.10 Å². The molecule has 0 unspecified atom stereocenters. The van der Waals surface area contributed by atoms with E-state index in [1.54, 1.807) is 77.9 Å². The highest BCUT2D eigenvalue weighted by atomic mass is 32.2. The third-order valence-electron chi connectivity index (χ3n) is 8.12. The number of rotatable bonds is 10. The highest BCUT2D eigenvalue weighted by Gasteiger charge is 2.36. The average Bonchev–Trinajstić information content (AvgIpc) is 3.71. The summed E-state index contributed by atoms with van der Waals surface area (Å²) < 4.78 is 78.1. The van der Waals surface area contributed by atoms with Crippen molar-refractivity contribution < 1.29 is 26.0 Å². The van der Waals surface area contributed by atoms with Gasteiger partial charge >= 0.3 is 0 Å². The van der Waals surface area contributed by atoms with Crippen LogP contribution in [0, 0.1) is 12.7 Å². The Labute approximate surface area is 271 Å². The number of halogens is 1. The molecule has 13 heteroatoms. The second kappa shape index (κ2) is 11.7. The van der Waals surface area contributed by atoms with Crippen LogP contribution in [0.15, 0.2) is 102 Å². The highest BCUT2D eigenvalue weighted by Crippen LogP contribution is 2.38. The van der Waals surface area contributed by atoms with Crippen LogP contribution in [0.4, 0.5) is 10.1 Å². The largest absolute Gasteiger partial charge is 0.495 e. The number of sulfonamides is 1. The molecule has 240 valence electrons. The molecule has 1 fully saturated rings. The molecule has 3 aromatic heterocycles. The molecule has 3 heterocycles. The Hall–Kier alpha value is -5.01. The van der Waals surface area contributed by atoms with E-state index in [4.69, 9.17) is 4.74 Å². The zero-order valence-electron chi connectivity index (χ0n) is 25.5. The van der Waals surface area contributed by atoms with Gasteiger partial charge in [0.15, 0.2) is 5.65 Å². The van der Waals surface area contributed by atoms with Gasteiger partial charge in [-0.3, -0.25) is 9.40 Å². The molecule has 0 radical (unpaired) electrons. The van der Waals surface area contributed by atoms with Crippen molar-refractivity contribution in [3.05, 3.63) is 115 Å².